The molecule has 0 unspecified atom stereocenters. The Morgan fingerprint density at radius 2 is 1.70 bits per heavy atom. The van der Waals surface area contributed by atoms with Crippen LogP contribution in [0.4, 0.5) is 5.69 Å². The zero-order valence-electron chi connectivity index (χ0n) is 17.8. The summed E-state index contributed by atoms with van der Waals surface area (Å²) < 4.78 is 4.63. The van der Waals surface area contributed by atoms with E-state index in [4.69, 9.17) is 6.57 Å². The maximum atomic E-state index is 7.34. The Bertz CT molecular complexity index is 1500. The summed E-state index contributed by atoms with van der Waals surface area (Å²) in [4.78, 5) is 3.60. The molecule has 2 heterocycles. The monoisotopic (exact) mass is 390 g/mol. The fourth-order valence-electron chi connectivity index (χ4n) is 4.73. The van der Waals surface area contributed by atoms with Crippen molar-refractivity contribution < 1.29 is 4.57 Å². The van der Waals surface area contributed by atoms with Crippen LogP contribution in [0, 0.1) is 13.5 Å². The number of rotatable bonds is 2. The van der Waals surface area contributed by atoms with Gasteiger partial charge in [0.2, 0.25) is 5.69 Å². The lowest BCUT2D eigenvalue weighted by atomic mass is 9.97. The van der Waals surface area contributed by atoms with Crippen LogP contribution in [0.1, 0.15) is 25.5 Å². The molecule has 0 aliphatic heterocycles. The highest BCUT2D eigenvalue weighted by Crippen LogP contribution is 2.37. The van der Waals surface area contributed by atoms with Crippen LogP contribution in [0.15, 0.2) is 66.9 Å². The lowest BCUT2D eigenvalue weighted by molar-refractivity contribution is -0.659. The van der Waals surface area contributed by atoms with Crippen molar-refractivity contribution in [2.75, 3.05) is 0 Å². The Balaban J connectivity index is 1.90. The summed E-state index contributed by atoms with van der Waals surface area (Å²) in [7, 11) is 2.10. The van der Waals surface area contributed by atoms with Gasteiger partial charge in [-0.3, -0.25) is 0 Å². The van der Waals surface area contributed by atoms with Gasteiger partial charge in [0.15, 0.2) is 11.9 Å². The highest BCUT2D eigenvalue weighted by molar-refractivity contribution is 6.10. The highest BCUT2D eigenvalue weighted by Gasteiger charge is 2.21. The zero-order valence-corrected chi connectivity index (χ0v) is 17.8. The standard InChI is InChI=1S/C27H24N3/c1-17(2)30-25-9-7-6-8-22(25)24-14-18(3)23(16-26(24)30)27-21-11-10-20(28-4)15-19(21)12-13-29(27)5/h6-17H,1-3,5H3/q+1. The molecular formula is C27H24N3+. The van der Waals surface area contributed by atoms with E-state index in [9.17, 15) is 0 Å². The number of pyridine rings is 1. The van der Waals surface area contributed by atoms with E-state index < -0.39 is 0 Å². The molecule has 0 saturated carbocycles. The van der Waals surface area contributed by atoms with Gasteiger partial charge in [-0.25, -0.2) is 9.41 Å². The maximum absolute atomic E-state index is 7.34. The van der Waals surface area contributed by atoms with Gasteiger partial charge in [-0.05, 0) is 56.0 Å². The summed E-state index contributed by atoms with van der Waals surface area (Å²) in [5.41, 5.74) is 6.89. The Kier molecular flexibility index (Phi) is 4.11. The van der Waals surface area contributed by atoms with E-state index in [2.05, 4.69) is 96.5 Å². The molecule has 0 N–H and O–H groups in total. The van der Waals surface area contributed by atoms with E-state index in [1.165, 1.54) is 44.0 Å². The van der Waals surface area contributed by atoms with Gasteiger partial charge in [-0.2, -0.15) is 0 Å². The first kappa shape index (κ1) is 18.4. The van der Waals surface area contributed by atoms with Gasteiger partial charge in [-0.15, -0.1) is 0 Å². The molecule has 0 aliphatic rings. The maximum Gasteiger partial charge on any atom is 0.220 e. The van der Waals surface area contributed by atoms with Crippen molar-refractivity contribution in [2.45, 2.75) is 26.8 Å². The number of hydrogen-bond acceptors (Lipinski definition) is 0. The molecule has 2 aromatic heterocycles. The van der Waals surface area contributed by atoms with Crippen molar-refractivity contribution in [3.05, 3.63) is 83.8 Å². The van der Waals surface area contributed by atoms with Crippen molar-refractivity contribution in [1.82, 2.24) is 4.57 Å². The smallest absolute Gasteiger partial charge is 0.220 e. The molecule has 0 radical (unpaired) electrons. The van der Waals surface area contributed by atoms with Gasteiger partial charge < -0.3 is 4.57 Å². The third kappa shape index (κ3) is 2.61. The van der Waals surface area contributed by atoms with Gasteiger partial charge in [0.1, 0.15) is 7.05 Å². The van der Waals surface area contributed by atoms with Crippen molar-refractivity contribution in [3.63, 3.8) is 0 Å². The third-order valence-electron chi connectivity index (χ3n) is 6.08. The van der Waals surface area contributed by atoms with Crippen molar-refractivity contribution in [3.8, 4) is 11.3 Å². The molecule has 146 valence electrons. The number of fused-ring (bicyclic) bond motifs is 4. The molecule has 3 heteroatoms. The molecule has 3 nitrogen and oxygen atoms in total. The normalized spacial score (nSPS) is 11.6. The Hall–Kier alpha value is -3.64. The van der Waals surface area contributed by atoms with Crippen molar-refractivity contribution in [2.24, 2.45) is 7.05 Å². The summed E-state index contributed by atoms with van der Waals surface area (Å²) in [6, 6.07) is 21.8. The second-order valence-electron chi connectivity index (χ2n) is 8.32. The molecule has 0 aliphatic carbocycles. The second-order valence-corrected chi connectivity index (χ2v) is 8.32. The Morgan fingerprint density at radius 3 is 2.47 bits per heavy atom. The van der Waals surface area contributed by atoms with Crippen LogP contribution in [-0.2, 0) is 7.05 Å². The van der Waals surface area contributed by atoms with E-state index in [1.54, 1.807) is 0 Å². The summed E-state index contributed by atoms with van der Waals surface area (Å²) >= 11 is 0. The Labute approximate surface area is 176 Å². The predicted molar refractivity (Wildman–Crippen MR) is 125 cm³/mol. The lowest BCUT2D eigenvalue weighted by Crippen LogP contribution is -2.30. The third-order valence-corrected chi connectivity index (χ3v) is 6.08. The fraction of sp³-hybridized carbons (Fsp3) is 0.185. The van der Waals surface area contributed by atoms with Crippen LogP contribution in [-0.4, -0.2) is 4.57 Å². The number of para-hydroxylation sites is 1. The SMILES string of the molecule is [C-]#[N+]c1ccc2c(-c3cc4c(cc3C)c3ccccc3n4C(C)C)[n+](C)ccc2c1. The quantitative estimate of drug-likeness (QED) is 0.230. The van der Waals surface area contributed by atoms with Gasteiger partial charge in [0, 0.05) is 28.4 Å². The first-order valence-corrected chi connectivity index (χ1v) is 10.3. The zero-order chi connectivity index (χ0) is 21.0. The van der Waals surface area contributed by atoms with Crippen LogP contribution in [0.5, 0.6) is 0 Å². The fourth-order valence-corrected chi connectivity index (χ4v) is 4.73. The number of nitrogens with zero attached hydrogens (tertiary/aromatic N) is 3. The van der Waals surface area contributed by atoms with Crippen molar-refractivity contribution in [1.29, 1.82) is 0 Å². The number of benzene rings is 3. The van der Waals surface area contributed by atoms with E-state index in [-0.39, 0.29) is 0 Å². The van der Waals surface area contributed by atoms with Crippen LogP contribution in [0.3, 0.4) is 0 Å². The highest BCUT2D eigenvalue weighted by atomic mass is 15.0. The first-order chi connectivity index (χ1) is 14.5. The molecular weight excluding hydrogens is 366 g/mol. The van der Waals surface area contributed by atoms with Crippen LogP contribution >= 0.6 is 0 Å². The molecule has 0 spiro atoms. The Morgan fingerprint density at radius 1 is 0.900 bits per heavy atom. The average molecular weight is 391 g/mol. The minimum Gasteiger partial charge on any atom is -0.338 e. The number of aromatic nitrogens is 2. The molecule has 5 rings (SSSR count). The molecule has 3 aromatic carbocycles. The molecule has 30 heavy (non-hydrogen) atoms. The molecule has 0 amide bonds. The molecule has 0 bridgehead atoms. The second kappa shape index (κ2) is 6.71. The van der Waals surface area contributed by atoms with Gasteiger partial charge in [-0.1, -0.05) is 30.3 Å². The predicted octanol–water partition coefficient (Wildman–Crippen LogP) is 6.88. The summed E-state index contributed by atoms with van der Waals surface area (Å²) in [6.45, 7) is 14.0. The topological polar surface area (TPSA) is 13.2 Å². The lowest BCUT2D eigenvalue weighted by Gasteiger charge is -2.13. The van der Waals surface area contributed by atoms with E-state index in [0.29, 0.717) is 11.7 Å². The molecule has 0 saturated heterocycles. The summed E-state index contributed by atoms with van der Waals surface area (Å²) in [6.07, 6.45) is 2.09. The molecule has 0 atom stereocenters. The van der Waals surface area contributed by atoms with E-state index in [1.807, 2.05) is 12.1 Å². The minimum absolute atomic E-state index is 0.366. The summed E-state index contributed by atoms with van der Waals surface area (Å²) in [5, 5.41) is 4.88. The molecule has 5 aromatic rings. The van der Waals surface area contributed by atoms with E-state index in [0.717, 1.165) is 5.39 Å². The van der Waals surface area contributed by atoms with Crippen LogP contribution < -0.4 is 4.57 Å². The van der Waals surface area contributed by atoms with Gasteiger partial charge >= 0.3 is 0 Å². The van der Waals surface area contributed by atoms with Gasteiger partial charge in [0.05, 0.1) is 23.0 Å². The van der Waals surface area contributed by atoms with Crippen LogP contribution in [0.2, 0.25) is 0 Å². The average Bonchev–Trinajstić information content (AvgIpc) is 3.06. The number of aryl methyl sites for hydroxylation is 2. The van der Waals surface area contributed by atoms with Crippen molar-refractivity contribution >= 4 is 38.3 Å². The van der Waals surface area contributed by atoms with E-state index >= 15 is 0 Å². The van der Waals surface area contributed by atoms with Crippen LogP contribution in [0.25, 0.3) is 48.7 Å². The molecule has 0 fully saturated rings. The number of hydrogen-bond donors (Lipinski definition) is 0. The summed E-state index contributed by atoms with van der Waals surface area (Å²) in [5.74, 6) is 0. The van der Waals surface area contributed by atoms with Gasteiger partial charge in [0.25, 0.3) is 0 Å². The minimum atomic E-state index is 0.366. The largest absolute Gasteiger partial charge is 0.338 e. The first-order valence-electron chi connectivity index (χ1n) is 10.3.